The summed E-state index contributed by atoms with van der Waals surface area (Å²) in [5.41, 5.74) is 2.06. The van der Waals surface area contributed by atoms with Gasteiger partial charge in [-0.3, -0.25) is 4.79 Å². The quantitative estimate of drug-likeness (QED) is 0.701. The lowest BCUT2D eigenvalue weighted by molar-refractivity contribution is 0.102. The van der Waals surface area contributed by atoms with Crippen LogP contribution in [0.25, 0.3) is 10.6 Å². The number of hydrogen-bond acceptors (Lipinski definition) is 6. The molecule has 0 fully saturated rings. The van der Waals surface area contributed by atoms with Crippen molar-refractivity contribution in [1.29, 1.82) is 0 Å². The van der Waals surface area contributed by atoms with Gasteiger partial charge in [0.2, 0.25) is 0 Å². The average molecular weight is 360 g/mol. The fourth-order valence-corrected chi connectivity index (χ4v) is 3.62. The van der Waals surface area contributed by atoms with Crippen LogP contribution in [0.5, 0.6) is 11.5 Å². The van der Waals surface area contributed by atoms with E-state index in [1.165, 1.54) is 11.3 Å². The molecule has 2 heterocycles. The number of carbonyl (C=O) groups is 1. The van der Waals surface area contributed by atoms with E-state index >= 15 is 0 Å². The number of methoxy groups -OCH3 is 1. The molecule has 5 nitrogen and oxygen atoms in total. The van der Waals surface area contributed by atoms with Gasteiger partial charge in [-0.2, -0.15) is 11.3 Å². The van der Waals surface area contributed by atoms with Crippen molar-refractivity contribution < 1.29 is 14.3 Å². The molecule has 0 radical (unpaired) electrons. The maximum atomic E-state index is 12.4. The molecule has 0 unspecified atom stereocenters. The first-order chi connectivity index (χ1) is 11.7. The monoisotopic (exact) mass is 360 g/mol. The van der Waals surface area contributed by atoms with Crippen LogP contribution in [0, 0.1) is 0 Å². The molecule has 0 atom stereocenters. The molecule has 0 saturated carbocycles. The fraction of sp³-hybridized carbons (Fsp3) is 0.176. The Hall–Kier alpha value is -2.38. The minimum atomic E-state index is -0.251. The summed E-state index contributed by atoms with van der Waals surface area (Å²) < 4.78 is 10.8. The molecule has 124 valence electrons. The number of amides is 1. The van der Waals surface area contributed by atoms with Crippen molar-refractivity contribution in [3.63, 3.8) is 0 Å². The second-order valence-electron chi connectivity index (χ2n) is 4.80. The van der Waals surface area contributed by atoms with E-state index in [1.807, 2.05) is 23.8 Å². The van der Waals surface area contributed by atoms with Gasteiger partial charge in [-0.25, -0.2) is 4.98 Å². The standard InChI is InChI=1S/C17H16N2O3S2/c1-3-22-14-5-4-12(8-15(14)21-2)18-16(20)13-10-24-17(19-13)11-6-7-23-9-11/h4-10H,3H2,1-2H3,(H,18,20). The summed E-state index contributed by atoms with van der Waals surface area (Å²) in [4.78, 5) is 16.8. The third kappa shape index (κ3) is 3.58. The van der Waals surface area contributed by atoms with E-state index in [2.05, 4.69) is 10.3 Å². The second-order valence-corrected chi connectivity index (χ2v) is 6.44. The number of anilines is 1. The lowest BCUT2D eigenvalue weighted by Gasteiger charge is -2.11. The molecule has 0 aliphatic heterocycles. The number of aromatic nitrogens is 1. The number of ether oxygens (including phenoxy) is 2. The maximum absolute atomic E-state index is 12.4. The van der Waals surface area contributed by atoms with E-state index in [1.54, 1.807) is 42.0 Å². The second kappa shape index (κ2) is 7.46. The van der Waals surface area contributed by atoms with Crippen LogP contribution in [0.1, 0.15) is 17.4 Å². The Balaban J connectivity index is 1.75. The molecule has 0 saturated heterocycles. The number of hydrogen-bond donors (Lipinski definition) is 1. The van der Waals surface area contributed by atoms with Gasteiger partial charge in [0.15, 0.2) is 11.5 Å². The molecule has 24 heavy (non-hydrogen) atoms. The van der Waals surface area contributed by atoms with Crippen molar-refractivity contribution in [1.82, 2.24) is 4.98 Å². The Morgan fingerprint density at radius 2 is 2.12 bits per heavy atom. The molecule has 0 aliphatic rings. The van der Waals surface area contributed by atoms with E-state index in [0.717, 1.165) is 10.6 Å². The molecular formula is C17H16N2O3S2. The molecule has 0 bridgehead atoms. The first-order valence-electron chi connectivity index (χ1n) is 7.31. The Morgan fingerprint density at radius 3 is 2.83 bits per heavy atom. The van der Waals surface area contributed by atoms with Gasteiger partial charge in [0.25, 0.3) is 5.91 Å². The Kier molecular flexibility index (Phi) is 5.12. The third-order valence-electron chi connectivity index (χ3n) is 3.23. The number of benzene rings is 1. The van der Waals surface area contributed by atoms with Crippen LogP contribution in [0.15, 0.2) is 40.4 Å². The normalized spacial score (nSPS) is 10.4. The zero-order chi connectivity index (χ0) is 16.9. The van der Waals surface area contributed by atoms with Crippen molar-refractivity contribution in [2.24, 2.45) is 0 Å². The lowest BCUT2D eigenvalue weighted by atomic mass is 10.2. The number of thiazole rings is 1. The highest BCUT2D eigenvalue weighted by molar-refractivity contribution is 7.14. The summed E-state index contributed by atoms with van der Waals surface area (Å²) in [5, 5.41) is 9.43. The fourth-order valence-electron chi connectivity index (χ4n) is 2.11. The zero-order valence-electron chi connectivity index (χ0n) is 13.2. The van der Waals surface area contributed by atoms with Gasteiger partial charge < -0.3 is 14.8 Å². The summed E-state index contributed by atoms with van der Waals surface area (Å²) in [7, 11) is 1.57. The first kappa shape index (κ1) is 16.5. The van der Waals surface area contributed by atoms with Crippen molar-refractivity contribution in [2.45, 2.75) is 6.92 Å². The predicted molar refractivity (Wildman–Crippen MR) is 97.5 cm³/mol. The molecule has 1 N–H and O–H groups in total. The highest BCUT2D eigenvalue weighted by Gasteiger charge is 2.13. The van der Waals surface area contributed by atoms with E-state index in [4.69, 9.17) is 9.47 Å². The number of thiophene rings is 1. The molecule has 0 spiro atoms. The Labute approximate surface area is 147 Å². The van der Waals surface area contributed by atoms with Crippen LogP contribution in [-0.2, 0) is 0 Å². The molecule has 3 aromatic rings. The van der Waals surface area contributed by atoms with Gasteiger partial charge in [0, 0.05) is 28.1 Å². The van der Waals surface area contributed by atoms with Gasteiger partial charge in [0.05, 0.1) is 13.7 Å². The molecule has 3 rings (SSSR count). The SMILES string of the molecule is CCOc1ccc(NC(=O)c2csc(-c3ccsc3)n2)cc1OC. The minimum absolute atomic E-state index is 0.251. The maximum Gasteiger partial charge on any atom is 0.275 e. The molecule has 1 aromatic carbocycles. The molecular weight excluding hydrogens is 344 g/mol. The summed E-state index contributed by atoms with van der Waals surface area (Å²) in [5.74, 6) is 0.970. The van der Waals surface area contributed by atoms with Gasteiger partial charge in [-0.15, -0.1) is 11.3 Å². The van der Waals surface area contributed by atoms with Crippen molar-refractivity contribution in [3.05, 3.63) is 46.1 Å². The van der Waals surface area contributed by atoms with E-state index in [9.17, 15) is 4.79 Å². The first-order valence-corrected chi connectivity index (χ1v) is 9.13. The van der Waals surface area contributed by atoms with E-state index in [0.29, 0.717) is 29.5 Å². The number of nitrogens with zero attached hydrogens (tertiary/aromatic N) is 1. The number of rotatable bonds is 6. The molecule has 7 heteroatoms. The lowest BCUT2D eigenvalue weighted by Crippen LogP contribution is -2.12. The predicted octanol–water partition coefficient (Wildman–Crippen LogP) is 4.53. The Bertz CT molecular complexity index is 828. The smallest absolute Gasteiger partial charge is 0.275 e. The highest BCUT2D eigenvalue weighted by atomic mass is 32.1. The molecule has 0 aliphatic carbocycles. The molecule has 1 amide bonds. The highest BCUT2D eigenvalue weighted by Crippen LogP contribution is 2.31. The average Bonchev–Trinajstić information content (AvgIpc) is 3.27. The van der Waals surface area contributed by atoms with Crippen molar-refractivity contribution in [3.8, 4) is 22.1 Å². The summed E-state index contributed by atoms with van der Waals surface area (Å²) in [6.45, 7) is 2.45. The van der Waals surface area contributed by atoms with Gasteiger partial charge in [-0.1, -0.05) is 0 Å². The van der Waals surface area contributed by atoms with Gasteiger partial charge in [0.1, 0.15) is 10.7 Å². The third-order valence-corrected chi connectivity index (χ3v) is 4.80. The van der Waals surface area contributed by atoms with Gasteiger partial charge in [-0.05, 0) is 30.5 Å². The van der Waals surface area contributed by atoms with Crippen molar-refractivity contribution in [2.75, 3.05) is 19.0 Å². The number of carbonyl (C=O) groups excluding carboxylic acids is 1. The summed E-state index contributed by atoms with van der Waals surface area (Å²) in [6, 6.07) is 7.27. The van der Waals surface area contributed by atoms with Crippen LogP contribution < -0.4 is 14.8 Å². The van der Waals surface area contributed by atoms with Crippen LogP contribution in [-0.4, -0.2) is 24.6 Å². The van der Waals surface area contributed by atoms with E-state index < -0.39 is 0 Å². The zero-order valence-corrected chi connectivity index (χ0v) is 14.9. The summed E-state index contributed by atoms with van der Waals surface area (Å²) in [6.07, 6.45) is 0. The van der Waals surface area contributed by atoms with Crippen molar-refractivity contribution >= 4 is 34.3 Å². The summed E-state index contributed by atoms with van der Waals surface area (Å²) >= 11 is 3.06. The minimum Gasteiger partial charge on any atom is -0.493 e. The Morgan fingerprint density at radius 1 is 1.25 bits per heavy atom. The number of nitrogens with one attached hydrogen (secondary N) is 1. The largest absolute Gasteiger partial charge is 0.493 e. The topological polar surface area (TPSA) is 60.5 Å². The molecule has 2 aromatic heterocycles. The van der Waals surface area contributed by atoms with Gasteiger partial charge >= 0.3 is 0 Å². The van der Waals surface area contributed by atoms with Crippen LogP contribution >= 0.6 is 22.7 Å². The van der Waals surface area contributed by atoms with E-state index in [-0.39, 0.29) is 5.91 Å². The van der Waals surface area contributed by atoms with Crippen LogP contribution in [0.4, 0.5) is 5.69 Å². The van der Waals surface area contributed by atoms with Crippen LogP contribution in [0.2, 0.25) is 0 Å². The van der Waals surface area contributed by atoms with Crippen LogP contribution in [0.3, 0.4) is 0 Å².